The van der Waals surface area contributed by atoms with Crippen molar-refractivity contribution in [2.24, 2.45) is 5.92 Å². The van der Waals surface area contributed by atoms with Gasteiger partial charge in [0.15, 0.2) is 0 Å². The fourth-order valence-corrected chi connectivity index (χ4v) is 2.70. The Kier molecular flexibility index (Phi) is 2.03. The minimum Gasteiger partial charge on any atom is -0.450 e. The quantitative estimate of drug-likeness (QED) is 0.726. The number of halogens is 1. The molecule has 1 unspecified atom stereocenters. The topological polar surface area (TPSA) is 26.3 Å². The van der Waals surface area contributed by atoms with Gasteiger partial charge in [0, 0.05) is 5.92 Å². The van der Waals surface area contributed by atoms with E-state index in [0.717, 1.165) is 25.7 Å². The molecule has 0 radical (unpaired) electrons. The maximum atomic E-state index is 14.6. The Morgan fingerprint density at radius 1 is 1.25 bits per heavy atom. The summed E-state index contributed by atoms with van der Waals surface area (Å²) in [6.45, 7) is 0. The van der Waals surface area contributed by atoms with Crippen molar-refractivity contribution in [2.45, 2.75) is 31.5 Å². The fraction of sp³-hybridized carbons (Fsp3) is 0.462. The predicted molar refractivity (Wildman–Crippen MR) is 57.2 cm³/mol. The van der Waals surface area contributed by atoms with Gasteiger partial charge in [0.05, 0.1) is 5.56 Å². The Bertz CT molecular complexity index is 437. The van der Waals surface area contributed by atoms with Gasteiger partial charge in [0.2, 0.25) is 5.78 Å². The van der Waals surface area contributed by atoms with Gasteiger partial charge in [-0.05, 0) is 25.0 Å². The first kappa shape index (κ1) is 9.82. The molecule has 84 valence electrons. The summed E-state index contributed by atoms with van der Waals surface area (Å²) < 4.78 is 19.9. The average Bonchev–Trinajstić information content (AvgIpc) is 2.89. The van der Waals surface area contributed by atoms with Crippen molar-refractivity contribution < 1.29 is 13.9 Å². The number of carbonyl (C=O) groups is 1. The number of fused-ring (bicyclic) bond motifs is 1. The van der Waals surface area contributed by atoms with Crippen LogP contribution in [-0.4, -0.2) is 11.6 Å². The van der Waals surface area contributed by atoms with Crippen LogP contribution >= 0.6 is 0 Å². The Morgan fingerprint density at radius 3 is 2.62 bits per heavy atom. The Labute approximate surface area is 93.4 Å². The number of rotatable bonds is 1. The molecular formula is C13H13FO2. The highest BCUT2D eigenvalue weighted by molar-refractivity contribution is 6.06. The van der Waals surface area contributed by atoms with Crippen molar-refractivity contribution in [3.8, 4) is 5.75 Å². The maximum Gasteiger partial charge on any atom is 0.314 e. The summed E-state index contributed by atoms with van der Waals surface area (Å²) in [5.74, 6) is -2.47. The van der Waals surface area contributed by atoms with E-state index in [4.69, 9.17) is 4.74 Å². The van der Waals surface area contributed by atoms with E-state index >= 15 is 0 Å². The molecule has 1 fully saturated rings. The lowest BCUT2D eigenvalue weighted by Gasteiger charge is -2.24. The van der Waals surface area contributed by atoms with Gasteiger partial charge < -0.3 is 4.74 Å². The van der Waals surface area contributed by atoms with Crippen LogP contribution in [0.3, 0.4) is 0 Å². The van der Waals surface area contributed by atoms with Gasteiger partial charge in [-0.1, -0.05) is 25.0 Å². The molecule has 0 bridgehead atoms. The first-order valence-corrected chi connectivity index (χ1v) is 5.73. The van der Waals surface area contributed by atoms with E-state index < -0.39 is 11.6 Å². The van der Waals surface area contributed by atoms with Crippen LogP contribution in [0.2, 0.25) is 0 Å². The third-order valence-electron chi connectivity index (χ3n) is 3.58. The number of hydrogen-bond acceptors (Lipinski definition) is 2. The minimum atomic E-state index is -2.10. The van der Waals surface area contributed by atoms with Crippen LogP contribution in [0.25, 0.3) is 0 Å². The summed E-state index contributed by atoms with van der Waals surface area (Å²) in [5.41, 5.74) is 0.386. The lowest BCUT2D eigenvalue weighted by molar-refractivity contribution is -0.0636. The number of para-hydroxylation sites is 1. The molecule has 0 aromatic heterocycles. The normalized spacial score (nSPS) is 29.2. The first-order valence-electron chi connectivity index (χ1n) is 5.73. The molecule has 0 saturated heterocycles. The van der Waals surface area contributed by atoms with Crippen LogP contribution < -0.4 is 4.74 Å². The summed E-state index contributed by atoms with van der Waals surface area (Å²) >= 11 is 0. The molecule has 1 aliphatic carbocycles. The molecule has 1 aliphatic heterocycles. The zero-order valence-electron chi connectivity index (χ0n) is 8.91. The smallest absolute Gasteiger partial charge is 0.314 e. The molecule has 1 heterocycles. The van der Waals surface area contributed by atoms with Gasteiger partial charge >= 0.3 is 5.85 Å². The average molecular weight is 220 g/mol. The van der Waals surface area contributed by atoms with Crippen molar-refractivity contribution in [2.75, 3.05) is 0 Å². The third-order valence-corrected chi connectivity index (χ3v) is 3.58. The van der Waals surface area contributed by atoms with Crippen LogP contribution in [0.5, 0.6) is 5.75 Å². The van der Waals surface area contributed by atoms with Crippen LogP contribution in [0.1, 0.15) is 36.0 Å². The Balaban J connectivity index is 1.99. The molecule has 3 heteroatoms. The molecule has 1 aromatic rings. The summed E-state index contributed by atoms with van der Waals surface area (Å²) in [6, 6.07) is 6.78. The zero-order valence-corrected chi connectivity index (χ0v) is 8.91. The first-order chi connectivity index (χ1) is 7.72. The highest BCUT2D eigenvalue weighted by Gasteiger charge is 2.54. The second-order valence-electron chi connectivity index (χ2n) is 4.55. The number of alkyl halides is 1. The van der Waals surface area contributed by atoms with Crippen LogP contribution in [0.15, 0.2) is 24.3 Å². The summed E-state index contributed by atoms with van der Waals surface area (Å²) in [7, 11) is 0. The van der Waals surface area contributed by atoms with Crippen molar-refractivity contribution in [3.63, 3.8) is 0 Å². The second-order valence-corrected chi connectivity index (χ2v) is 4.55. The van der Waals surface area contributed by atoms with E-state index in [9.17, 15) is 9.18 Å². The molecule has 2 nitrogen and oxygen atoms in total. The SMILES string of the molecule is O=C1c2ccccc2OC1(F)C1CCCC1. The van der Waals surface area contributed by atoms with Gasteiger partial charge in [-0.2, -0.15) is 4.39 Å². The molecule has 16 heavy (non-hydrogen) atoms. The minimum absolute atomic E-state index is 0.271. The van der Waals surface area contributed by atoms with Gasteiger partial charge in [0.1, 0.15) is 5.75 Å². The number of Topliss-reactive ketones (excluding diaryl/α,β-unsaturated/α-hetero) is 1. The lowest BCUT2D eigenvalue weighted by atomic mass is 9.93. The van der Waals surface area contributed by atoms with Gasteiger partial charge in [0.25, 0.3) is 0 Å². The summed E-state index contributed by atoms with van der Waals surface area (Å²) in [6.07, 6.45) is 3.47. The maximum absolute atomic E-state index is 14.6. The number of hydrogen-bond donors (Lipinski definition) is 0. The Morgan fingerprint density at radius 2 is 1.94 bits per heavy atom. The molecule has 1 atom stereocenters. The number of benzene rings is 1. The predicted octanol–water partition coefficient (Wildman–Crippen LogP) is 3.12. The molecular weight excluding hydrogens is 207 g/mol. The monoisotopic (exact) mass is 220 g/mol. The third kappa shape index (κ3) is 1.20. The van der Waals surface area contributed by atoms with E-state index in [2.05, 4.69) is 0 Å². The van der Waals surface area contributed by atoms with Crippen LogP contribution in [0.4, 0.5) is 4.39 Å². The molecule has 0 amide bonds. The van der Waals surface area contributed by atoms with Crippen molar-refractivity contribution >= 4 is 5.78 Å². The van der Waals surface area contributed by atoms with Crippen LogP contribution in [-0.2, 0) is 0 Å². The van der Waals surface area contributed by atoms with Gasteiger partial charge in [-0.15, -0.1) is 0 Å². The van der Waals surface area contributed by atoms with E-state index in [1.54, 1.807) is 24.3 Å². The standard InChI is InChI=1S/C13H13FO2/c14-13(9-5-1-2-6-9)12(15)10-7-3-4-8-11(10)16-13/h3-4,7-9H,1-2,5-6H2. The van der Waals surface area contributed by atoms with Crippen LogP contribution in [0, 0.1) is 5.92 Å². The van der Waals surface area contributed by atoms with Crippen molar-refractivity contribution in [1.82, 2.24) is 0 Å². The molecule has 2 aliphatic rings. The molecule has 0 N–H and O–H groups in total. The lowest BCUT2D eigenvalue weighted by Crippen LogP contribution is -2.41. The van der Waals surface area contributed by atoms with E-state index in [1.807, 2.05) is 0 Å². The molecule has 1 aromatic carbocycles. The number of ketones is 1. The molecule has 3 rings (SSSR count). The largest absolute Gasteiger partial charge is 0.450 e. The van der Waals surface area contributed by atoms with Crippen molar-refractivity contribution in [3.05, 3.63) is 29.8 Å². The number of carbonyl (C=O) groups excluding carboxylic acids is 1. The second kappa shape index (κ2) is 3.30. The highest BCUT2D eigenvalue weighted by Crippen LogP contribution is 2.45. The van der Waals surface area contributed by atoms with Gasteiger partial charge in [-0.3, -0.25) is 4.79 Å². The number of ether oxygens (including phenoxy) is 1. The summed E-state index contributed by atoms with van der Waals surface area (Å²) in [5, 5.41) is 0. The van der Waals surface area contributed by atoms with Crippen molar-refractivity contribution in [1.29, 1.82) is 0 Å². The van der Waals surface area contributed by atoms with E-state index in [-0.39, 0.29) is 5.92 Å². The highest BCUT2D eigenvalue weighted by atomic mass is 19.2. The zero-order chi connectivity index (χ0) is 11.2. The Hall–Kier alpha value is -1.38. The fourth-order valence-electron chi connectivity index (χ4n) is 2.70. The molecule has 0 spiro atoms. The molecule has 1 saturated carbocycles. The van der Waals surface area contributed by atoms with E-state index in [1.165, 1.54) is 0 Å². The van der Waals surface area contributed by atoms with E-state index in [0.29, 0.717) is 11.3 Å². The summed E-state index contributed by atoms with van der Waals surface area (Å²) in [4.78, 5) is 12.0. The van der Waals surface area contributed by atoms with Gasteiger partial charge in [-0.25, -0.2) is 0 Å².